The van der Waals surface area contributed by atoms with Crippen molar-refractivity contribution in [3.05, 3.63) is 93.9 Å². The van der Waals surface area contributed by atoms with Crippen LogP contribution in [0.5, 0.6) is 0 Å². The molecule has 0 spiro atoms. The second kappa shape index (κ2) is 12.6. The van der Waals surface area contributed by atoms with E-state index >= 15 is 0 Å². The van der Waals surface area contributed by atoms with Gasteiger partial charge in [-0.05, 0) is 48.9 Å². The Bertz CT molecular complexity index is 1850. The molecule has 1 aliphatic heterocycles. The SMILES string of the molecule is C=Cc1ccccc1-c1nc2c(cc1Cl)c(N1[C@@H](C)CN(C(=O)C(=C)F)C[C@@H]1C)nc(=O)n2-c1c(C(C)C)ccnc1C(C)C. The molecule has 0 N–H and O–H groups in total. The Morgan fingerprint density at radius 1 is 1.07 bits per heavy atom. The summed E-state index contributed by atoms with van der Waals surface area (Å²) in [6.07, 6.45) is 3.52. The van der Waals surface area contributed by atoms with Crippen molar-refractivity contribution in [1.29, 1.82) is 0 Å². The summed E-state index contributed by atoms with van der Waals surface area (Å²) >= 11 is 7.00. The highest BCUT2D eigenvalue weighted by Gasteiger charge is 2.36. The number of nitrogens with zero attached hydrogens (tertiary/aromatic N) is 6. The summed E-state index contributed by atoms with van der Waals surface area (Å²) in [5, 5.41) is 0.952. The Morgan fingerprint density at radius 3 is 2.33 bits per heavy atom. The number of hydrogen-bond acceptors (Lipinski definition) is 6. The number of aromatic nitrogens is 4. The van der Waals surface area contributed by atoms with Crippen LogP contribution in [0.4, 0.5) is 10.2 Å². The van der Waals surface area contributed by atoms with Crippen LogP contribution in [0.1, 0.15) is 70.2 Å². The van der Waals surface area contributed by atoms with E-state index in [9.17, 15) is 14.0 Å². The van der Waals surface area contributed by atoms with Crippen molar-refractivity contribution < 1.29 is 9.18 Å². The molecule has 234 valence electrons. The first kappa shape index (κ1) is 32.0. The Kier molecular flexibility index (Phi) is 8.94. The van der Waals surface area contributed by atoms with Crippen molar-refractivity contribution >= 4 is 40.4 Å². The molecule has 1 saturated heterocycles. The average Bonchev–Trinajstić information content (AvgIpc) is 2.99. The number of amides is 1. The van der Waals surface area contributed by atoms with Crippen molar-refractivity contribution in [3.8, 4) is 16.9 Å². The number of hydrogen-bond donors (Lipinski definition) is 0. The molecule has 1 amide bonds. The lowest BCUT2D eigenvalue weighted by atomic mass is 9.97. The largest absolute Gasteiger partial charge is 0.355 e. The molecule has 2 atom stereocenters. The maximum atomic E-state index is 14.4. The third-order valence-electron chi connectivity index (χ3n) is 8.30. The molecule has 4 aromatic rings. The van der Waals surface area contributed by atoms with E-state index in [1.54, 1.807) is 22.9 Å². The molecule has 5 rings (SSSR count). The number of anilines is 1. The van der Waals surface area contributed by atoms with Crippen molar-refractivity contribution in [2.75, 3.05) is 18.0 Å². The zero-order valence-electron chi connectivity index (χ0n) is 26.5. The molecule has 4 heterocycles. The van der Waals surface area contributed by atoms with Crippen LogP contribution in [0.25, 0.3) is 34.1 Å². The molecule has 1 fully saturated rings. The van der Waals surface area contributed by atoms with Gasteiger partial charge in [-0.15, -0.1) is 0 Å². The Hall–Kier alpha value is -4.37. The van der Waals surface area contributed by atoms with E-state index in [0.717, 1.165) is 22.4 Å². The van der Waals surface area contributed by atoms with Gasteiger partial charge in [0.2, 0.25) is 0 Å². The molecule has 10 heteroatoms. The lowest BCUT2D eigenvalue weighted by Crippen LogP contribution is -2.59. The minimum atomic E-state index is -1.00. The molecular weight excluding hydrogens is 591 g/mol. The van der Waals surface area contributed by atoms with Gasteiger partial charge in [0.1, 0.15) is 5.82 Å². The van der Waals surface area contributed by atoms with Crippen molar-refractivity contribution in [1.82, 2.24) is 24.4 Å². The fraction of sp³-hybridized carbons (Fsp3) is 0.343. The summed E-state index contributed by atoms with van der Waals surface area (Å²) < 4.78 is 15.4. The van der Waals surface area contributed by atoms with Crippen LogP contribution in [-0.4, -0.2) is 55.5 Å². The van der Waals surface area contributed by atoms with Gasteiger partial charge in [0.15, 0.2) is 11.5 Å². The van der Waals surface area contributed by atoms with Crippen LogP contribution in [0.15, 0.2) is 66.4 Å². The highest BCUT2D eigenvalue weighted by Crippen LogP contribution is 2.38. The maximum Gasteiger partial charge on any atom is 0.355 e. The molecule has 0 unspecified atom stereocenters. The van der Waals surface area contributed by atoms with Gasteiger partial charge in [0, 0.05) is 36.9 Å². The van der Waals surface area contributed by atoms with Crippen LogP contribution < -0.4 is 10.6 Å². The molecule has 0 bridgehead atoms. The Balaban J connectivity index is 1.86. The standard InChI is InChI=1S/C35H38ClFN6O2/c1-9-24-12-10-11-13-26(24)30-28(36)16-27-32(39-30)43(31-25(19(2)3)14-15-38-29(31)20(4)5)35(45)40-33(27)42-21(6)17-41(18-22(42)7)34(44)23(8)37/h9-16,19-22H,1,8,17-18H2,2-7H3/t21-,22-/m0/s1. The van der Waals surface area contributed by atoms with Gasteiger partial charge in [-0.25, -0.2) is 18.7 Å². The molecular formula is C35H38ClFN6O2. The smallest absolute Gasteiger partial charge is 0.347 e. The van der Waals surface area contributed by atoms with E-state index in [-0.39, 0.29) is 37.0 Å². The number of piperazine rings is 1. The predicted molar refractivity (Wildman–Crippen MR) is 180 cm³/mol. The summed E-state index contributed by atoms with van der Waals surface area (Å²) in [5.74, 6) is -1.26. The van der Waals surface area contributed by atoms with Crippen LogP contribution in [0.3, 0.4) is 0 Å². The second-order valence-electron chi connectivity index (χ2n) is 12.2. The summed E-state index contributed by atoms with van der Waals surface area (Å²) in [5.41, 5.74) is 4.35. The molecule has 1 aliphatic rings. The second-order valence-corrected chi connectivity index (χ2v) is 12.6. The third-order valence-corrected chi connectivity index (χ3v) is 8.58. The lowest BCUT2D eigenvalue weighted by Gasteiger charge is -2.45. The van der Waals surface area contributed by atoms with E-state index in [1.165, 1.54) is 4.90 Å². The first-order valence-electron chi connectivity index (χ1n) is 15.1. The number of carbonyl (C=O) groups excluding carboxylic acids is 1. The quantitative estimate of drug-likeness (QED) is 0.200. The summed E-state index contributed by atoms with van der Waals surface area (Å²) in [7, 11) is 0. The van der Waals surface area contributed by atoms with Gasteiger partial charge in [-0.2, -0.15) is 4.98 Å². The lowest BCUT2D eigenvalue weighted by molar-refractivity contribution is -0.129. The van der Waals surface area contributed by atoms with E-state index in [2.05, 4.69) is 32.0 Å². The van der Waals surface area contributed by atoms with Gasteiger partial charge in [-0.1, -0.05) is 82.8 Å². The van der Waals surface area contributed by atoms with Gasteiger partial charge >= 0.3 is 5.69 Å². The van der Waals surface area contributed by atoms with Gasteiger partial charge in [0.05, 0.1) is 27.5 Å². The zero-order valence-corrected chi connectivity index (χ0v) is 27.3. The van der Waals surface area contributed by atoms with E-state index in [4.69, 9.17) is 21.6 Å². The Labute approximate surface area is 267 Å². The van der Waals surface area contributed by atoms with Crippen LogP contribution in [0, 0.1) is 0 Å². The minimum absolute atomic E-state index is 0.00417. The number of halogens is 2. The topological polar surface area (TPSA) is 84.2 Å². The fourth-order valence-corrected chi connectivity index (χ4v) is 6.53. The van der Waals surface area contributed by atoms with E-state index in [1.807, 2.05) is 62.9 Å². The molecule has 0 radical (unpaired) electrons. The number of carbonyl (C=O) groups is 1. The summed E-state index contributed by atoms with van der Waals surface area (Å²) in [4.78, 5) is 44.8. The first-order chi connectivity index (χ1) is 21.3. The monoisotopic (exact) mass is 628 g/mol. The first-order valence-corrected chi connectivity index (χ1v) is 15.5. The maximum absolute atomic E-state index is 14.4. The fourth-order valence-electron chi connectivity index (χ4n) is 6.28. The number of fused-ring (bicyclic) bond motifs is 1. The highest BCUT2D eigenvalue weighted by atomic mass is 35.5. The third kappa shape index (κ3) is 5.77. The van der Waals surface area contributed by atoms with Gasteiger partial charge < -0.3 is 9.80 Å². The van der Waals surface area contributed by atoms with Crippen LogP contribution >= 0.6 is 11.6 Å². The van der Waals surface area contributed by atoms with Crippen molar-refractivity contribution in [2.45, 2.75) is 65.5 Å². The average molecular weight is 629 g/mol. The van der Waals surface area contributed by atoms with Crippen molar-refractivity contribution in [2.24, 2.45) is 0 Å². The van der Waals surface area contributed by atoms with Crippen molar-refractivity contribution in [3.63, 3.8) is 0 Å². The summed E-state index contributed by atoms with van der Waals surface area (Å²) in [6.45, 7) is 19.6. The van der Waals surface area contributed by atoms with Gasteiger partial charge in [-0.3, -0.25) is 9.78 Å². The molecule has 45 heavy (non-hydrogen) atoms. The van der Waals surface area contributed by atoms with Gasteiger partial charge in [0.25, 0.3) is 5.91 Å². The zero-order chi connectivity index (χ0) is 32.7. The molecule has 3 aromatic heterocycles. The normalized spacial score (nSPS) is 16.9. The predicted octanol–water partition coefficient (Wildman–Crippen LogP) is 7.29. The molecule has 8 nitrogen and oxygen atoms in total. The molecule has 0 aliphatic carbocycles. The highest BCUT2D eigenvalue weighted by molar-refractivity contribution is 6.34. The molecule has 1 aromatic carbocycles. The van der Waals surface area contributed by atoms with Crippen LogP contribution in [0.2, 0.25) is 5.02 Å². The minimum Gasteiger partial charge on any atom is -0.347 e. The van der Waals surface area contributed by atoms with E-state index < -0.39 is 17.4 Å². The van der Waals surface area contributed by atoms with Crippen LogP contribution in [-0.2, 0) is 4.79 Å². The molecule has 0 saturated carbocycles. The number of benzene rings is 1. The number of pyridine rings is 2. The number of rotatable bonds is 7. The summed E-state index contributed by atoms with van der Waals surface area (Å²) in [6, 6.07) is 10.8. The Morgan fingerprint density at radius 2 is 1.73 bits per heavy atom. The van der Waals surface area contributed by atoms with E-state index in [0.29, 0.717) is 33.3 Å².